The first-order valence-corrected chi connectivity index (χ1v) is 6.00. The third-order valence-corrected chi connectivity index (χ3v) is 2.66. The van der Waals surface area contributed by atoms with Crippen LogP contribution in [0, 0.1) is 0 Å². The van der Waals surface area contributed by atoms with Gasteiger partial charge in [0, 0.05) is 6.42 Å². The highest BCUT2D eigenvalue weighted by molar-refractivity contribution is 6.02. The summed E-state index contributed by atoms with van der Waals surface area (Å²) in [6.45, 7) is -0.682. The fourth-order valence-corrected chi connectivity index (χ4v) is 1.53. The maximum absolute atomic E-state index is 12.6. The molecule has 1 rings (SSSR count). The molecule has 0 saturated heterocycles. The van der Waals surface area contributed by atoms with Gasteiger partial charge in [-0.3, -0.25) is 0 Å². The number of alkyl halides is 5. The molecule has 0 fully saturated rings. The fraction of sp³-hybridized carbons (Fsp3) is 0.385. The zero-order valence-electron chi connectivity index (χ0n) is 11.0. The zero-order valence-corrected chi connectivity index (χ0v) is 11.0. The Bertz CT molecular complexity index is 554. The number of carboxylic acids is 1. The van der Waals surface area contributed by atoms with E-state index in [1.165, 1.54) is 12.1 Å². The van der Waals surface area contributed by atoms with Gasteiger partial charge in [0.25, 0.3) is 0 Å². The number of ether oxygens (including phenoxy) is 1. The summed E-state index contributed by atoms with van der Waals surface area (Å²) in [4.78, 5) is 22.5. The van der Waals surface area contributed by atoms with E-state index < -0.39 is 43.5 Å². The van der Waals surface area contributed by atoms with Crippen molar-refractivity contribution in [3.63, 3.8) is 0 Å². The van der Waals surface area contributed by atoms with Gasteiger partial charge in [-0.1, -0.05) is 12.1 Å². The summed E-state index contributed by atoms with van der Waals surface area (Å²) in [7, 11) is 0. The summed E-state index contributed by atoms with van der Waals surface area (Å²) in [5.41, 5.74) is -0.661. The van der Waals surface area contributed by atoms with Crippen LogP contribution < -0.4 is 0 Å². The second-order valence-electron chi connectivity index (χ2n) is 4.29. The quantitative estimate of drug-likeness (QED) is 0.493. The molecule has 122 valence electrons. The molecule has 22 heavy (non-hydrogen) atoms. The van der Waals surface area contributed by atoms with Gasteiger partial charge in [0.1, 0.15) is 0 Å². The van der Waals surface area contributed by atoms with Gasteiger partial charge in [0.05, 0.1) is 17.7 Å². The van der Waals surface area contributed by atoms with Gasteiger partial charge in [-0.15, -0.1) is 0 Å². The van der Waals surface area contributed by atoms with Crippen LogP contribution in [0.4, 0.5) is 22.0 Å². The molecule has 0 saturated carbocycles. The molecule has 0 spiro atoms. The van der Waals surface area contributed by atoms with Gasteiger partial charge < -0.3 is 9.84 Å². The van der Waals surface area contributed by atoms with Crippen molar-refractivity contribution in [2.45, 2.75) is 24.9 Å². The molecule has 0 aliphatic rings. The van der Waals surface area contributed by atoms with Gasteiger partial charge in [0.2, 0.25) is 0 Å². The van der Waals surface area contributed by atoms with Crippen LogP contribution in [0.25, 0.3) is 0 Å². The highest BCUT2D eigenvalue weighted by Gasteiger charge is 2.56. The Labute approximate surface area is 121 Å². The van der Waals surface area contributed by atoms with Crippen molar-refractivity contribution in [3.05, 3.63) is 35.4 Å². The summed E-state index contributed by atoms with van der Waals surface area (Å²) in [5.74, 6) is -7.36. The predicted molar refractivity (Wildman–Crippen MR) is 63.9 cm³/mol. The lowest BCUT2D eigenvalue weighted by Crippen LogP contribution is -2.36. The molecule has 0 aliphatic heterocycles. The summed E-state index contributed by atoms with van der Waals surface area (Å²) in [6, 6.07) is 5.01. The standard InChI is InChI=1S/C13H11F5O4/c14-12(15,13(16,17)18)6-3-7-22-11(21)9-5-2-1-4-8(9)10(19)20/h1-2,4-5H,3,6-7H2,(H,19,20). The van der Waals surface area contributed by atoms with E-state index >= 15 is 0 Å². The lowest BCUT2D eigenvalue weighted by molar-refractivity contribution is -0.284. The average molecular weight is 326 g/mol. The first kappa shape index (κ1) is 17.9. The molecule has 0 heterocycles. The number of rotatable bonds is 6. The SMILES string of the molecule is O=C(O)c1ccccc1C(=O)OCCCC(F)(F)C(F)(F)F. The van der Waals surface area contributed by atoms with E-state index in [1.54, 1.807) is 0 Å². The number of esters is 1. The maximum Gasteiger partial charge on any atom is 0.453 e. The van der Waals surface area contributed by atoms with Crippen LogP contribution in [0.15, 0.2) is 24.3 Å². The van der Waals surface area contributed by atoms with E-state index in [0.29, 0.717) is 0 Å². The molecular weight excluding hydrogens is 315 g/mol. The van der Waals surface area contributed by atoms with E-state index in [4.69, 9.17) is 5.11 Å². The van der Waals surface area contributed by atoms with E-state index in [-0.39, 0.29) is 11.1 Å². The molecule has 0 bridgehead atoms. The van der Waals surface area contributed by atoms with Crippen LogP contribution in [0.3, 0.4) is 0 Å². The lowest BCUT2D eigenvalue weighted by atomic mass is 10.1. The van der Waals surface area contributed by atoms with Crippen LogP contribution in [0.1, 0.15) is 33.6 Å². The van der Waals surface area contributed by atoms with Crippen LogP contribution in [0.2, 0.25) is 0 Å². The first-order valence-electron chi connectivity index (χ1n) is 6.00. The Balaban J connectivity index is 2.57. The minimum atomic E-state index is -5.66. The molecule has 9 heteroatoms. The average Bonchev–Trinajstić information content (AvgIpc) is 2.42. The molecule has 0 aromatic heterocycles. The number of carbonyl (C=O) groups is 2. The predicted octanol–water partition coefficient (Wildman–Crippen LogP) is 3.52. The molecule has 0 atom stereocenters. The van der Waals surface area contributed by atoms with Gasteiger partial charge >= 0.3 is 24.0 Å². The second kappa shape index (κ2) is 6.71. The summed E-state index contributed by atoms with van der Waals surface area (Å²) in [5, 5.41) is 8.85. The first-order chi connectivity index (χ1) is 10.1. The van der Waals surface area contributed by atoms with Gasteiger partial charge in [-0.25, -0.2) is 9.59 Å². The van der Waals surface area contributed by atoms with E-state index in [2.05, 4.69) is 4.74 Å². The van der Waals surface area contributed by atoms with Gasteiger partial charge in [0.15, 0.2) is 0 Å². The van der Waals surface area contributed by atoms with Crippen molar-refractivity contribution in [1.82, 2.24) is 0 Å². The summed E-state index contributed by atoms with van der Waals surface area (Å²) in [6.07, 6.45) is -7.90. The number of halogens is 5. The van der Waals surface area contributed by atoms with E-state index in [0.717, 1.165) is 12.1 Å². The van der Waals surface area contributed by atoms with Crippen molar-refractivity contribution in [3.8, 4) is 0 Å². The minimum Gasteiger partial charge on any atom is -0.478 e. The van der Waals surface area contributed by atoms with E-state index in [9.17, 15) is 31.5 Å². The van der Waals surface area contributed by atoms with Crippen molar-refractivity contribution in [2.24, 2.45) is 0 Å². The fourth-order valence-electron chi connectivity index (χ4n) is 1.53. The number of hydrogen-bond donors (Lipinski definition) is 1. The van der Waals surface area contributed by atoms with Crippen molar-refractivity contribution >= 4 is 11.9 Å². The third-order valence-electron chi connectivity index (χ3n) is 2.66. The highest BCUT2D eigenvalue weighted by Crippen LogP contribution is 2.38. The maximum atomic E-state index is 12.6. The van der Waals surface area contributed by atoms with Crippen LogP contribution >= 0.6 is 0 Å². The number of carboxylic acid groups (broad SMARTS) is 1. The Morgan fingerprint density at radius 1 is 1.05 bits per heavy atom. The molecule has 0 amide bonds. The van der Waals surface area contributed by atoms with E-state index in [1.807, 2.05) is 0 Å². The van der Waals surface area contributed by atoms with Gasteiger partial charge in [-0.05, 0) is 18.6 Å². The minimum absolute atomic E-state index is 0.308. The lowest BCUT2D eigenvalue weighted by Gasteiger charge is -2.19. The Kier molecular flexibility index (Phi) is 5.45. The summed E-state index contributed by atoms with van der Waals surface area (Å²) >= 11 is 0. The Hall–Kier alpha value is -2.19. The number of hydrogen-bond acceptors (Lipinski definition) is 3. The monoisotopic (exact) mass is 326 g/mol. The largest absolute Gasteiger partial charge is 0.478 e. The van der Waals surface area contributed by atoms with Crippen molar-refractivity contribution in [2.75, 3.05) is 6.61 Å². The molecule has 0 radical (unpaired) electrons. The number of benzene rings is 1. The molecule has 4 nitrogen and oxygen atoms in total. The Morgan fingerprint density at radius 3 is 2.09 bits per heavy atom. The number of aromatic carboxylic acids is 1. The third kappa shape index (κ3) is 4.40. The normalized spacial score (nSPS) is 12.0. The van der Waals surface area contributed by atoms with Gasteiger partial charge in [-0.2, -0.15) is 22.0 Å². The molecular formula is C13H11F5O4. The highest BCUT2D eigenvalue weighted by atomic mass is 19.4. The number of carbonyl (C=O) groups excluding carboxylic acids is 1. The smallest absolute Gasteiger partial charge is 0.453 e. The second-order valence-corrected chi connectivity index (χ2v) is 4.29. The van der Waals surface area contributed by atoms with Crippen LogP contribution in [0.5, 0.6) is 0 Å². The topological polar surface area (TPSA) is 63.6 Å². The molecule has 0 unspecified atom stereocenters. The molecule has 1 N–H and O–H groups in total. The zero-order chi connectivity index (χ0) is 17.0. The Morgan fingerprint density at radius 2 is 1.59 bits per heavy atom. The van der Waals surface area contributed by atoms with Crippen molar-refractivity contribution < 1.29 is 41.4 Å². The molecule has 1 aromatic rings. The summed E-state index contributed by atoms with van der Waals surface area (Å²) < 4.78 is 65.4. The molecule has 0 aliphatic carbocycles. The van der Waals surface area contributed by atoms with Crippen LogP contribution in [-0.2, 0) is 4.74 Å². The molecule has 1 aromatic carbocycles. The van der Waals surface area contributed by atoms with Crippen molar-refractivity contribution in [1.29, 1.82) is 0 Å². The van der Waals surface area contributed by atoms with Crippen LogP contribution in [-0.4, -0.2) is 35.8 Å².